The average molecular weight is 251 g/mol. The number of halogens is 1. The first-order valence-electron chi connectivity index (χ1n) is 4.95. The number of rotatable bonds is 7. The molecule has 92 valence electrons. The third-order valence-electron chi connectivity index (χ3n) is 1.68. The molecule has 0 saturated heterocycles. The van der Waals surface area contributed by atoms with Crippen LogP contribution in [0.2, 0.25) is 0 Å². The van der Waals surface area contributed by atoms with Crippen molar-refractivity contribution in [2.45, 2.75) is 32.8 Å². The fraction of sp³-hybridized carbons (Fsp3) is 0.700. The quantitative estimate of drug-likeness (QED) is 0.499. The number of Topliss-reactive ketones (excluding diaryl/α,β-unsaturated/α-hetero) is 1. The van der Waals surface area contributed by atoms with Crippen molar-refractivity contribution in [3.05, 3.63) is 0 Å². The molecule has 0 aromatic heterocycles. The van der Waals surface area contributed by atoms with Crippen LogP contribution < -0.4 is 0 Å². The molecular formula is C10H15ClO5. The summed E-state index contributed by atoms with van der Waals surface area (Å²) >= 11 is 5.26. The molecule has 0 fully saturated rings. The van der Waals surface area contributed by atoms with Gasteiger partial charge in [-0.3, -0.25) is 9.59 Å². The van der Waals surface area contributed by atoms with Crippen LogP contribution in [0.15, 0.2) is 0 Å². The first-order chi connectivity index (χ1) is 7.51. The van der Waals surface area contributed by atoms with E-state index in [1.54, 1.807) is 6.92 Å². The van der Waals surface area contributed by atoms with E-state index in [9.17, 15) is 14.4 Å². The topological polar surface area (TPSA) is 69.7 Å². The summed E-state index contributed by atoms with van der Waals surface area (Å²) in [5, 5.41) is 0. The lowest BCUT2D eigenvalue weighted by molar-refractivity contribution is -0.166. The van der Waals surface area contributed by atoms with E-state index in [-0.39, 0.29) is 31.1 Å². The second-order valence-electron chi connectivity index (χ2n) is 3.06. The molecule has 6 heteroatoms. The molecule has 0 aromatic carbocycles. The van der Waals surface area contributed by atoms with Gasteiger partial charge >= 0.3 is 11.9 Å². The van der Waals surface area contributed by atoms with Crippen molar-refractivity contribution >= 4 is 29.3 Å². The summed E-state index contributed by atoms with van der Waals surface area (Å²) < 4.78 is 9.40. The molecule has 0 unspecified atom stereocenters. The molecule has 0 aliphatic heterocycles. The molecule has 0 radical (unpaired) electrons. The Labute approximate surface area is 99.0 Å². The fourth-order valence-corrected chi connectivity index (χ4v) is 1.01. The SMILES string of the molecule is CCOC(=O)[C@H](C)OC(=O)CCC(=O)CCl. The largest absolute Gasteiger partial charge is 0.463 e. The second-order valence-corrected chi connectivity index (χ2v) is 3.32. The Balaban J connectivity index is 3.86. The van der Waals surface area contributed by atoms with Crippen LogP contribution in [0.1, 0.15) is 26.7 Å². The van der Waals surface area contributed by atoms with Crippen LogP contribution in [0.25, 0.3) is 0 Å². The Morgan fingerprint density at radius 3 is 2.38 bits per heavy atom. The minimum Gasteiger partial charge on any atom is -0.463 e. The zero-order valence-electron chi connectivity index (χ0n) is 9.32. The standard InChI is InChI=1S/C10H15ClO5/c1-3-15-10(14)7(2)16-9(13)5-4-8(12)6-11/h7H,3-6H2,1-2H3/t7-/m0/s1. The van der Waals surface area contributed by atoms with Crippen LogP contribution in [-0.2, 0) is 23.9 Å². The Kier molecular flexibility index (Phi) is 7.54. The van der Waals surface area contributed by atoms with Gasteiger partial charge in [0, 0.05) is 6.42 Å². The number of carbonyl (C=O) groups is 3. The highest BCUT2D eigenvalue weighted by Crippen LogP contribution is 2.01. The molecule has 1 atom stereocenters. The monoisotopic (exact) mass is 250 g/mol. The Morgan fingerprint density at radius 1 is 1.25 bits per heavy atom. The van der Waals surface area contributed by atoms with Crippen LogP contribution in [0, 0.1) is 0 Å². The molecule has 5 nitrogen and oxygen atoms in total. The Morgan fingerprint density at radius 2 is 1.88 bits per heavy atom. The van der Waals surface area contributed by atoms with Crippen molar-refractivity contribution in [2.75, 3.05) is 12.5 Å². The van der Waals surface area contributed by atoms with Crippen LogP contribution in [0.3, 0.4) is 0 Å². The molecule has 0 aliphatic rings. The summed E-state index contributed by atoms with van der Waals surface area (Å²) in [6.45, 7) is 3.30. The molecule has 0 aliphatic carbocycles. The van der Waals surface area contributed by atoms with Crippen molar-refractivity contribution < 1.29 is 23.9 Å². The molecule has 0 N–H and O–H groups in total. The lowest BCUT2D eigenvalue weighted by Crippen LogP contribution is -2.26. The average Bonchev–Trinajstić information content (AvgIpc) is 2.26. The Bertz CT molecular complexity index is 264. The van der Waals surface area contributed by atoms with Gasteiger partial charge in [0.1, 0.15) is 5.78 Å². The minimum absolute atomic E-state index is 0.0257. The van der Waals surface area contributed by atoms with Crippen LogP contribution >= 0.6 is 11.6 Å². The molecule has 0 aromatic rings. The maximum Gasteiger partial charge on any atom is 0.347 e. The highest BCUT2D eigenvalue weighted by molar-refractivity contribution is 6.27. The summed E-state index contributed by atoms with van der Waals surface area (Å²) in [5.74, 6) is -1.57. The van der Waals surface area contributed by atoms with Gasteiger partial charge in [0.2, 0.25) is 0 Å². The van der Waals surface area contributed by atoms with Crippen LogP contribution in [0.4, 0.5) is 0 Å². The minimum atomic E-state index is -0.946. The molecule has 0 rings (SSSR count). The number of esters is 2. The summed E-state index contributed by atoms with van der Waals surface area (Å²) in [6, 6.07) is 0. The third-order valence-corrected chi connectivity index (χ3v) is 1.98. The van der Waals surface area contributed by atoms with E-state index >= 15 is 0 Å². The third kappa shape index (κ3) is 6.40. The number of hydrogen-bond acceptors (Lipinski definition) is 5. The van der Waals surface area contributed by atoms with Gasteiger partial charge in [-0.15, -0.1) is 11.6 Å². The maximum atomic E-state index is 11.2. The number of ketones is 1. The van der Waals surface area contributed by atoms with Crippen molar-refractivity contribution in [3.63, 3.8) is 0 Å². The summed E-state index contributed by atoms with van der Waals surface area (Å²) in [5.41, 5.74) is 0. The number of alkyl halides is 1. The van der Waals surface area contributed by atoms with E-state index < -0.39 is 18.0 Å². The zero-order chi connectivity index (χ0) is 12.6. The highest BCUT2D eigenvalue weighted by Gasteiger charge is 2.18. The second kappa shape index (κ2) is 8.10. The first-order valence-corrected chi connectivity index (χ1v) is 5.48. The van der Waals surface area contributed by atoms with E-state index in [0.29, 0.717) is 0 Å². The predicted octanol–water partition coefficient (Wildman–Crippen LogP) is 1.07. The normalized spacial score (nSPS) is 11.7. The molecule has 16 heavy (non-hydrogen) atoms. The number of ether oxygens (including phenoxy) is 2. The molecule has 0 bridgehead atoms. The van der Waals surface area contributed by atoms with E-state index in [1.165, 1.54) is 6.92 Å². The zero-order valence-corrected chi connectivity index (χ0v) is 10.1. The van der Waals surface area contributed by atoms with E-state index in [4.69, 9.17) is 16.3 Å². The van der Waals surface area contributed by atoms with E-state index in [2.05, 4.69) is 4.74 Å². The molecular weight excluding hydrogens is 236 g/mol. The highest BCUT2D eigenvalue weighted by atomic mass is 35.5. The summed E-state index contributed by atoms with van der Waals surface area (Å²) in [6.07, 6.45) is -0.994. The lowest BCUT2D eigenvalue weighted by Gasteiger charge is -2.11. The van der Waals surface area contributed by atoms with Crippen molar-refractivity contribution in [1.82, 2.24) is 0 Å². The molecule has 0 saturated carbocycles. The van der Waals surface area contributed by atoms with Gasteiger partial charge in [-0.1, -0.05) is 0 Å². The molecule has 0 amide bonds. The smallest absolute Gasteiger partial charge is 0.347 e. The predicted molar refractivity (Wildman–Crippen MR) is 57.1 cm³/mol. The fourth-order valence-electron chi connectivity index (χ4n) is 0.872. The first kappa shape index (κ1) is 14.9. The van der Waals surface area contributed by atoms with Gasteiger partial charge in [-0.2, -0.15) is 0 Å². The van der Waals surface area contributed by atoms with Gasteiger partial charge < -0.3 is 9.47 Å². The molecule has 0 spiro atoms. The lowest BCUT2D eigenvalue weighted by atomic mass is 10.2. The van der Waals surface area contributed by atoms with Gasteiger partial charge in [0.25, 0.3) is 0 Å². The van der Waals surface area contributed by atoms with Gasteiger partial charge in [-0.05, 0) is 13.8 Å². The van der Waals surface area contributed by atoms with Crippen molar-refractivity contribution in [2.24, 2.45) is 0 Å². The van der Waals surface area contributed by atoms with E-state index in [0.717, 1.165) is 0 Å². The number of hydrogen-bond donors (Lipinski definition) is 0. The van der Waals surface area contributed by atoms with E-state index in [1.807, 2.05) is 0 Å². The Hall–Kier alpha value is -1.10. The summed E-state index contributed by atoms with van der Waals surface area (Å²) in [4.78, 5) is 33.0. The van der Waals surface area contributed by atoms with Gasteiger partial charge in [-0.25, -0.2) is 4.79 Å². The van der Waals surface area contributed by atoms with Crippen LogP contribution in [-0.4, -0.2) is 36.3 Å². The van der Waals surface area contributed by atoms with Crippen LogP contribution in [0.5, 0.6) is 0 Å². The van der Waals surface area contributed by atoms with Gasteiger partial charge in [0.15, 0.2) is 6.10 Å². The van der Waals surface area contributed by atoms with Crippen molar-refractivity contribution in [1.29, 1.82) is 0 Å². The molecule has 0 heterocycles. The maximum absolute atomic E-state index is 11.2. The number of carbonyl (C=O) groups excluding carboxylic acids is 3. The summed E-state index contributed by atoms with van der Waals surface area (Å²) in [7, 11) is 0. The van der Waals surface area contributed by atoms with Crippen molar-refractivity contribution in [3.8, 4) is 0 Å². The van der Waals surface area contributed by atoms with Gasteiger partial charge in [0.05, 0.1) is 18.9 Å².